The van der Waals surface area contributed by atoms with E-state index in [1.165, 1.54) is 11.5 Å². The van der Waals surface area contributed by atoms with Gasteiger partial charge < -0.3 is 5.11 Å². The second-order valence-electron chi connectivity index (χ2n) is 2.62. The fraction of sp³-hybridized carbons (Fsp3) is 0. The van der Waals surface area contributed by atoms with Crippen LogP contribution in [0.4, 0.5) is 0 Å². The molecule has 0 saturated carbocycles. The molecule has 0 aromatic carbocycles. The second-order valence-corrected chi connectivity index (χ2v) is 3.42. The lowest BCUT2D eigenvalue weighted by atomic mass is 10.2. The molecule has 0 amide bonds. The van der Waals surface area contributed by atoms with Gasteiger partial charge in [-0.25, -0.2) is 4.79 Å². The molecular weight excluding hydrogens is 200 g/mol. The minimum atomic E-state index is -0.999. The summed E-state index contributed by atoms with van der Waals surface area (Å²) < 4.78 is 3.81. The van der Waals surface area contributed by atoms with Gasteiger partial charge in [0.1, 0.15) is 0 Å². The standard InChI is InChI=1S/C9H6N2O2S/c12-9(13)7-5-8(14-11-7)6-1-3-10-4-2-6/h1-5H,(H,12,13). The van der Waals surface area contributed by atoms with Crippen molar-refractivity contribution in [1.29, 1.82) is 0 Å². The van der Waals surface area contributed by atoms with Gasteiger partial charge in [-0.05, 0) is 35.3 Å². The molecule has 0 radical (unpaired) electrons. The Morgan fingerprint density at radius 1 is 1.36 bits per heavy atom. The molecule has 2 rings (SSSR count). The summed E-state index contributed by atoms with van der Waals surface area (Å²) in [5.41, 5.74) is 1.02. The Balaban J connectivity index is 2.39. The Kier molecular flexibility index (Phi) is 2.24. The van der Waals surface area contributed by atoms with Gasteiger partial charge in [0, 0.05) is 12.4 Å². The molecule has 0 bridgehead atoms. The maximum atomic E-state index is 10.6. The first-order valence-electron chi connectivity index (χ1n) is 3.88. The molecule has 0 atom stereocenters. The number of pyridine rings is 1. The Morgan fingerprint density at radius 3 is 2.64 bits per heavy atom. The number of aromatic carboxylic acids is 1. The predicted molar refractivity (Wildman–Crippen MR) is 52.3 cm³/mol. The number of hydrogen-bond donors (Lipinski definition) is 1. The molecule has 2 aromatic rings. The van der Waals surface area contributed by atoms with Gasteiger partial charge in [-0.2, -0.15) is 4.37 Å². The minimum Gasteiger partial charge on any atom is -0.476 e. The fourth-order valence-electron chi connectivity index (χ4n) is 1.03. The van der Waals surface area contributed by atoms with Crippen molar-refractivity contribution in [2.75, 3.05) is 0 Å². The van der Waals surface area contributed by atoms with E-state index in [-0.39, 0.29) is 5.69 Å². The quantitative estimate of drug-likeness (QED) is 0.815. The Bertz CT molecular complexity index is 453. The van der Waals surface area contributed by atoms with Crippen molar-refractivity contribution in [2.24, 2.45) is 0 Å². The average molecular weight is 206 g/mol. The van der Waals surface area contributed by atoms with Crippen LogP contribution in [-0.2, 0) is 0 Å². The van der Waals surface area contributed by atoms with Crippen LogP contribution in [0.25, 0.3) is 10.4 Å². The van der Waals surface area contributed by atoms with Gasteiger partial charge in [0.2, 0.25) is 0 Å². The van der Waals surface area contributed by atoms with Crippen LogP contribution in [0, 0.1) is 0 Å². The Morgan fingerprint density at radius 2 is 2.07 bits per heavy atom. The molecule has 5 heteroatoms. The van der Waals surface area contributed by atoms with Crippen LogP contribution in [0.5, 0.6) is 0 Å². The Labute approximate surface area is 84.0 Å². The maximum absolute atomic E-state index is 10.6. The van der Waals surface area contributed by atoms with E-state index in [2.05, 4.69) is 9.36 Å². The van der Waals surface area contributed by atoms with E-state index in [4.69, 9.17) is 5.11 Å². The van der Waals surface area contributed by atoms with Crippen LogP contribution in [0.15, 0.2) is 30.6 Å². The Hall–Kier alpha value is -1.75. The molecule has 0 spiro atoms. The molecule has 70 valence electrons. The number of hydrogen-bond acceptors (Lipinski definition) is 4. The van der Waals surface area contributed by atoms with Crippen molar-refractivity contribution in [1.82, 2.24) is 9.36 Å². The van der Waals surface area contributed by atoms with E-state index in [0.717, 1.165) is 10.4 Å². The number of rotatable bonds is 2. The highest BCUT2D eigenvalue weighted by molar-refractivity contribution is 7.09. The van der Waals surface area contributed by atoms with E-state index >= 15 is 0 Å². The third-order valence-corrected chi connectivity index (χ3v) is 2.53. The molecule has 0 aliphatic heterocycles. The van der Waals surface area contributed by atoms with Crippen LogP contribution < -0.4 is 0 Å². The number of aromatic nitrogens is 2. The second kappa shape index (κ2) is 3.55. The summed E-state index contributed by atoms with van der Waals surface area (Å²) in [6.45, 7) is 0. The van der Waals surface area contributed by atoms with Gasteiger partial charge in [0.05, 0.1) is 4.88 Å². The zero-order valence-corrected chi connectivity index (χ0v) is 7.86. The van der Waals surface area contributed by atoms with Crippen LogP contribution >= 0.6 is 11.5 Å². The topological polar surface area (TPSA) is 63.1 Å². The SMILES string of the molecule is O=C(O)c1cc(-c2ccncc2)sn1. The largest absolute Gasteiger partial charge is 0.476 e. The zero-order valence-electron chi connectivity index (χ0n) is 7.04. The molecule has 0 unspecified atom stereocenters. The number of carbonyl (C=O) groups is 1. The molecule has 2 aromatic heterocycles. The van der Waals surface area contributed by atoms with Crippen LogP contribution in [0.1, 0.15) is 10.5 Å². The van der Waals surface area contributed by atoms with Crippen molar-refractivity contribution in [2.45, 2.75) is 0 Å². The van der Waals surface area contributed by atoms with Crippen molar-refractivity contribution < 1.29 is 9.90 Å². The average Bonchev–Trinajstić information content (AvgIpc) is 2.68. The summed E-state index contributed by atoms with van der Waals surface area (Å²) in [6, 6.07) is 5.20. The molecular formula is C9H6N2O2S. The number of nitrogens with zero attached hydrogens (tertiary/aromatic N) is 2. The van der Waals surface area contributed by atoms with Crippen molar-refractivity contribution in [3.8, 4) is 10.4 Å². The van der Waals surface area contributed by atoms with E-state index in [0.29, 0.717) is 0 Å². The number of carboxylic acid groups (broad SMARTS) is 1. The van der Waals surface area contributed by atoms with Gasteiger partial charge in [0.25, 0.3) is 0 Å². The van der Waals surface area contributed by atoms with E-state index in [1.54, 1.807) is 18.5 Å². The monoisotopic (exact) mass is 206 g/mol. The van der Waals surface area contributed by atoms with Gasteiger partial charge in [-0.1, -0.05) is 0 Å². The van der Waals surface area contributed by atoms with Gasteiger partial charge in [-0.15, -0.1) is 0 Å². The number of carboxylic acids is 1. The maximum Gasteiger partial charge on any atom is 0.355 e. The van der Waals surface area contributed by atoms with Crippen molar-refractivity contribution in [3.63, 3.8) is 0 Å². The summed E-state index contributed by atoms with van der Waals surface area (Å²) in [5.74, 6) is -0.999. The van der Waals surface area contributed by atoms with Crippen LogP contribution in [-0.4, -0.2) is 20.4 Å². The first kappa shape index (κ1) is 8.83. The summed E-state index contributed by atoms with van der Waals surface area (Å²) >= 11 is 1.17. The van der Waals surface area contributed by atoms with Crippen LogP contribution in [0.2, 0.25) is 0 Å². The smallest absolute Gasteiger partial charge is 0.355 e. The van der Waals surface area contributed by atoms with Crippen molar-refractivity contribution >= 4 is 17.5 Å². The third-order valence-electron chi connectivity index (χ3n) is 1.69. The summed E-state index contributed by atoms with van der Waals surface area (Å²) in [4.78, 5) is 15.3. The van der Waals surface area contributed by atoms with E-state index in [1.807, 2.05) is 12.1 Å². The summed E-state index contributed by atoms with van der Waals surface area (Å²) in [5, 5.41) is 8.68. The van der Waals surface area contributed by atoms with Gasteiger partial charge in [-0.3, -0.25) is 4.98 Å². The minimum absolute atomic E-state index is 0.0850. The highest BCUT2D eigenvalue weighted by Crippen LogP contribution is 2.23. The highest BCUT2D eigenvalue weighted by Gasteiger charge is 2.09. The molecule has 0 aliphatic carbocycles. The lowest BCUT2D eigenvalue weighted by molar-refractivity contribution is 0.0692. The first-order valence-corrected chi connectivity index (χ1v) is 4.65. The molecule has 0 saturated heterocycles. The summed E-state index contributed by atoms with van der Waals surface area (Å²) in [7, 11) is 0. The molecule has 1 N–H and O–H groups in total. The predicted octanol–water partition coefficient (Wildman–Crippen LogP) is 1.90. The van der Waals surface area contributed by atoms with Crippen molar-refractivity contribution in [3.05, 3.63) is 36.3 Å². The fourth-order valence-corrected chi connectivity index (χ4v) is 1.76. The lowest BCUT2D eigenvalue weighted by Gasteiger charge is -1.91. The van der Waals surface area contributed by atoms with Gasteiger partial charge >= 0.3 is 5.97 Å². The molecule has 0 aliphatic rings. The molecule has 0 fully saturated rings. The normalized spacial score (nSPS) is 10.0. The van der Waals surface area contributed by atoms with E-state index in [9.17, 15) is 4.79 Å². The molecule has 14 heavy (non-hydrogen) atoms. The first-order chi connectivity index (χ1) is 6.77. The highest BCUT2D eigenvalue weighted by atomic mass is 32.1. The molecule has 2 heterocycles. The molecule has 4 nitrogen and oxygen atoms in total. The zero-order chi connectivity index (χ0) is 9.97. The lowest BCUT2D eigenvalue weighted by Crippen LogP contribution is -1.94. The third kappa shape index (κ3) is 1.62. The van der Waals surface area contributed by atoms with Crippen LogP contribution in [0.3, 0.4) is 0 Å². The van der Waals surface area contributed by atoms with E-state index < -0.39 is 5.97 Å². The summed E-state index contributed by atoms with van der Waals surface area (Å²) in [6.07, 6.45) is 3.32. The van der Waals surface area contributed by atoms with Gasteiger partial charge in [0.15, 0.2) is 5.69 Å².